The van der Waals surface area contributed by atoms with Gasteiger partial charge in [-0.25, -0.2) is 4.98 Å². The first-order chi connectivity index (χ1) is 15.5. The molecule has 32 heavy (non-hydrogen) atoms. The summed E-state index contributed by atoms with van der Waals surface area (Å²) in [4.78, 5) is 19.7. The lowest BCUT2D eigenvalue weighted by Crippen LogP contribution is -2.24. The molecule has 1 amide bonds. The minimum atomic E-state index is 0.0313. The number of hydrogen-bond acceptors (Lipinski definition) is 2. The van der Waals surface area contributed by atoms with Crippen LogP contribution >= 0.6 is 11.6 Å². The predicted molar refractivity (Wildman–Crippen MR) is 131 cm³/mol. The number of carbonyl (C=O) groups excluding carboxylic acids is 1. The lowest BCUT2D eigenvalue weighted by molar-refractivity contribution is -0.117. The average Bonchev–Trinajstić information content (AvgIpc) is 3.35. The Labute approximate surface area is 193 Å². The zero-order valence-corrected chi connectivity index (χ0v) is 19.1. The topological polar surface area (TPSA) is 38.1 Å². The van der Waals surface area contributed by atoms with Crippen LogP contribution in [0.5, 0.6) is 0 Å². The molecule has 1 aliphatic heterocycles. The van der Waals surface area contributed by atoms with Crippen LogP contribution in [0.25, 0.3) is 11.0 Å². The quantitative estimate of drug-likeness (QED) is 0.359. The molecule has 162 valence electrons. The number of fused-ring (bicyclic) bond motifs is 1. The Kier molecular flexibility index (Phi) is 5.48. The second-order valence-electron chi connectivity index (χ2n) is 8.83. The number of halogens is 1. The average molecular weight is 444 g/mol. The van der Waals surface area contributed by atoms with Crippen molar-refractivity contribution in [1.29, 1.82) is 0 Å². The van der Waals surface area contributed by atoms with Gasteiger partial charge in [-0.15, -0.1) is 0 Å². The molecule has 1 unspecified atom stereocenters. The zero-order chi connectivity index (χ0) is 22.2. The van der Waals surface area contributed by atoms with Gasteiger partial charge in [0.15, 0.2) is 0 Å². The summed E-state index contributed by atoms with van der Waals surface area (Å²) in [5.74, 6) is 1.62. The Hall–Kier alpha value is -3.11. The van der Waals surface area contributed by atoms with E-state index in [9.17, 15) is 4.79 Å². The van der Waals surface area contributed by atoms with Crippen LogP contribution in [0, 0.1) is 0 Å². The van der Waals surface area contributed by atoms with Crippen molar-refractivity contribution in [2.75, 3.05) is 11.4 Å². The van der Waals surface area contributed by atoms with Crippen LogP contribution in [0.1, 0.15) is 49.1 Å². The smallest absolute Gasteiger partial charge is 0.227 e. The standard InChI is InChI=1S/C27H26ClN3O/c1-18(2)20-12-10-19(11-13-20)16-31-25-9-4-3-8-24(25)29-27(31)21-14-26(32)30(17-21)23-7-5-6-22(28)15-23/h3-13,15,18,21H,14,16-17H2,1-2H3. The molecule has 5 heteroatoms. The molecule has 4 aromatic rings. The Morgan fingerprint density at radius 2 is 1.81 bits per heavy atom. The van der Waals surface area contributed by atoms with Crippen molar-refractivity contribution >= 4 is 34.2 Å². The van der Waals surface area contributed by atoms with Crippen molar-refractivity contribution in [2.45, 2.75) is 38.6 Å². The molecule has 1 aliphatic rings. The summed E-state index contributed by atoms with van der Waals surface area (Å²) in [6, 6.07) is 24.5. The van der Waals surface area contributed by atoms with Crippen LogP contribution in [0.4, 0.5) is 5.69 Å². The second-order valence-corrected chi connectivity index (χ2v) is 9.26. The van der Waals surface area contributed by atoms with Crippen LogP contribution < -0.4 is 4.90 Å². The molecule has 0 spiro atoms. The fraction of sp³-hybridized carbons (Fsp3) is 0.259. The predicted octanol–water partition coefficient (Wildman–Crippen LogP) is 6.38. The summed E-state index contributed by atoms with van der Waals surface area (Å²) < 4.78 is 2.28. The Balaban J connectivity index is 1.50. The molecule has 1 atom stereocenters. The third-order valence-electron chi connectivity index (χ3n) is 6.28. The number of anilines is 1. The largest absolute Gasteiger partial charge is 0.323 e. The van der Waals surface area contributed by atoms with Gasteiger partial charge in [0.2, 0.25) is 5.91 Å². The Morgan fingerprint density at radius 1 is 1.03 bits per heavy atom. The van der Waals surface area contributed by atoms with E-state index in [1.807, 2.05) is 47.4 Å². The van der Waals surface area contributed by atoms with Crippen molar-refractivity contribution in [3.63, 3.8) is 0 Å². The van der Waals surface area contributed by atoms with Gasteiger partial charge in [-0.3, -0.25) is 4.79 Å². The van der Waals surface area contributed by atoms with Crippen molar-refractivity contribution in [3.8, 4) is 0 Å². The van der Waals surface area contributed by atoms with Gasteiger partial charge in [-0.1, -0.05) is 67.9 Å². The normalized spacial score (nSPS) is 16.4. The van der Waals surface area contributed by atoms with Crippen molar-refractivity contribution in [1.82, 2.24) is 9.55 Å². The Bertz CT molecular complexity index is 1280. The van der Waals surface area contributed by atoms with Crippen LogP contribution in [0.3, 0.4) is 0 Å². The number of aromatic nitrogens is 2. The highest BCUT2D eigenvalue weighted by Crippen LogP contribution is 2.34. The van der Waals surface area contributed by atoms with Crippen LogP contribution in [0.15, 0.2) is 72.8 Å². The van der Waals surface area contributed by atoms with E-state index in [0.717, 1.165) is 29.1 Å². The van der Waals surface area contributed by atoms with Gasteiger partial charge in [0.25, 0.3) is 0 Å². The first-order valence-corrected chi connectivity index (χ1v) is 11.5. The molecule has 5 rings (SSSR count). The number of carbonyl (C=O) groups is 1. The number of amides is 1. The van der Waals surface area contributed by atoms with Gasteiger partial charge in [0.05, 0.1) is 11.0 Å². The van der Waals surface area contributed by atoms with Gasteiger partial charge >= 0.3 is 0 Å². The summed E-state index contributed by atoms with van der Waals surface area (Å²) in [6.07, 6.45) is 0.447. The van der Waals surface area contributed by atoms with E-state index in [1.54, 1.807) is 0 Å². The summed E-state index contributed by atoms with van der Waals surface area (Å²) in [7, 11) is 0. The highest BCUT2D eigenvalue weighted by molar-refractivity contribution is 6.30. The van der Waals surface area contributed by atoms with Crippen LogP contribution in [-0.4, -0.2) is 22.0 Å². The molecule has 1 aromatic heterocycles. The molecule has 0 bridgehead atoms. The summed E-state index contributed by atoms with van der Waals surface area (Å²) in [5, 5.41) is 0.635. The number of hydrogen-bond donors (Lipinski definition) is 0. The molecule has 0 N–H and O–H groups in total. The molecular formula is C27H26ClN3O. The SMILES string of the molecule is CC(C)c1ccc(Cn2c(C3CC(=O)N(c4cccc(Cl)c4)C3)nc3ccccc32)cc1. The van der Waals surface area contributed by atoms with E-state index >= 15 is 0 Å². The number of rotatable bonds is 5. The molecule has 4 nitrogen and oxygen atoms in total. The summed E-state index contributed by atoms with van der Waals surface area (Å²) in [5.41, 5.74) is 5.48. The Morgan fingerprint density at radius 3 is 2.56 bits per heavy atom. The van der Waals surface area contributed by atoms with E-state index in [4.69, 9.17) is 16.6 Å². The fourth-order valence-corrected chi connectivity index (χ4v) is 4.72. The van der Waals surface area contributed by atoms with Crippen molar-refractivity contribution < 1.29 is 4.79 Å². The number of imidazole rings is 1. The molecule has 1 fully saturated rings. The monoisotopic (exact) mass is 443 g/mol. The van der Waals surface area contributed by atoms with E-state index in [0.29, 0.717) is 23.9 Å². The zero-order valence-electron chi connectivity index (χ0n) is 18.3. The highest BCUT2D eigenvalue weighted by Gasteiger charge is 2.35. The van der Waals surface area contributed by atoms with E-state index in [1.165, 1.54) is 11.1 Å². The molecule has 0 radical (unpaired) electrons. The second kappa shape index (κ2) is 8.44. The number of para-hydroxylation sites is 2. The highest BCUT2D eigenvalue weighted by atomic mass is 35.5. The maximum Gasteiger partial charge on any atom is 0.227 e. The first kappa shape index (κ1) is 20.8. The minimum absolute atomic E-state index is 0.0313. The van der Waals surface area contributed by atoms with Crippen LogP contribution in [-0.2, 0) is 11.3 Å². The molecule has 0 saturated carbocycles. The van der Waals surface area contributed by atoms with Gasteiger partial charge in [-0.05, 0) is 47.4 Å². The molecule has 3 aromatic carbocycles. The maximum atomic E-state index is 12.9. The number of nitrogens with zero attached hydrogens (tertiary/aromatic N) is 3. The van der Waals surface area contributed by atoms with Gasteiger partial charge in [0, 0.05) is 36.1 Å². The molecule has 1 saturated heterocycles. The first-order valence-electron chi connectivity index (χ1n) is 11.1. The molecule has 2 heterocycles. The van der Waals surface area contributed by atoms with Crippen LogP contribution in [0.2, 0.25) is 5.02 Å². The van der Waals surface area contributed by atoms with E-state index in [-0.39, 0.29) is 11.8 Å². The van der Waals surface area contributed by atoms with Gasteiger partial charge in [0.1, 0.15) is 5.82 Å². The minimum Gasteiger partial charge on any atom is -0.323 e. The van der Waals surface area contributed by atoms with E-state index < -0.39 is 0 Å². The third-order valence-corrected chi connectivity index (χ3v) is 6.52. The van der Waals surface area contributed by atoms with Crippen molar-refractivity contribution in [3.05, 3.63) is 94.8 Å². The van der Waals surface area contributed by atoms with Gasteiger partial charge < -0.3 is 9.47 Å². The van der Waals surface area contributed by atoms with E-state index in [2.05, 4.69) is 48.7 Å². The van der Waals surface area contributed by atoms with Crippen molar-refractivity contribution in [2.24, 2.45) is 0 Å². The summed E-state index contributed by atoms with van der Waals surface area (Å²) in [6.45, 7) is 5.75. The molecule has 0 aliphatic carbocycles. The fourth-order valence-electron chi connectivity index (χ4n) is 4.54. The summed E-state index contributed by atoms with van der Waals surface area (Å²) >= 11 is 6.17. The lowest BCUT2D eigenvalue weighted by atomic mass is 10.0. The van der Waals surface area contributed by atoms with Gasteiger partial charge in [-0.2, -0.15) is 0 Å². The lowest BCUT2D eigenvalue weighted by Gasteiger charge is -2.18. The third kappa shape index (κ3) is 3.91. The molecular weight excluding hydrogens is 418 g/mol. The maximum absolute atomic E-state index is 12.9. The number of benzene rings is 3.